The Kier molecular flexibility index (Phi) is 4.88. The van der Waals surface area contributed by atoms with Crippen LogP contribution in [0.5, 0.6) is 0 Å². The van der Waals surface area contributed by atoms with Crippen LogP contribution in [0.25, 0.3) is 0 Å². The second kappa shape index (κ2) is 6.56. The van der Waals surface area contributed by atoms with Gasteiger partial charge >= 0.3 is 6.18 Å². The molecular formula is C17H19F3N4. The van der Waals surface area contributed by atoms with Gasteiger partial charge in [-0.25, -0.2) is 0 Å². The average molecular weight is 336 g/mol. The number of aryl methyl sites for hydroxylation is 2. The number of nitrogens with one attached hydrogen (secondary N) is 1. The molecule has 1 heterocycles. The third kappa shape index (κ3) is 3.70. The van der Waals surface area contributed by atoms with Gasteiger partial charge in [-0.2, -0.15) is 23.5 Å². The standard InChI is InChI=1S/C17H19F3N4/c1-10(7-14-11(2)23-24(4)12(14)3)22-16-8-13(9-21)5-6-15(16)17(18,19)20/h5-6,8,10,22H,7H2,1-4H3. The van der Waals surface area contributed by atoms with Crippen LogP contribution in [0.15, 0.2) is 18.2 Å². The molecule has 0 amide bonds. The molecular weight excluding hydrogens is 317 g/mol. The third-order valence-corrected chi connectivity index (χ3v) is 4.03. The van der Waals surface area contributed by atoms with E-state index in [0.29, 0.717) is 6.42 Å². The molecule has 2 aromatic rings. The number of hydrogen-bond donors (Lipinski definition) is 1. The summed E-state index contributed by atoms with van der Waals surface area (Å²) < 4.78 is 41.2. The van der Waals surface area contributed by atoms with Crippen molar-refractivity contribution in [3.05, 3.63) is 46.3 Å². The van der Waals surface area contributed by atoms with Crippen molar-refractivity contribution in [2.75, 3.05) is 5.32 Å². The molecule has 128 valence electrons. The van der Waals surface area contributed by atoms with Crippen LogP contribution < -0.4 is 5.32 Å². The molecule has 2 rings (SSSR count). The molecule has 7 heteroatoms. The topological polar surface area (TPSA) is 53.6 Å². The van der Waals surface area contributed by atoms with Gasteiger partial charge in [0.15, 0.2) is 0 Å². The van der Waals surface area contributed by atoms with E-state index in [9.17, 15) is 13.2 Å². The number of aromatic nitrogens is 2. The molecule has 0 spiro atoms. The van der Waals surface area contributed by atoms with Crippen molar-refractivity contribution in [1.29, 1.82) is 5.26 Å². The van der Waals surface area contributed by atoms with Crippen LogP contribution in [0.3, 0.4) is 0 Å². The average Bonchev–Trinajstić information content (AvgIpc) is 2.72. The lowest BCUT2D eigenvalue weighted by molar-refractivity contribution is -0.137. The van der Waals surface area contributed by atoms with Gasteiger partial charge in [-0.1, -0.05) is 0 Å². The van der Waals surface area contributed by atoms with Crippen LogP contribution in [-0.4, -0.2) is 15.8 Å². The fraction of sp³-hybridized carbons (Fsp3) is 0.412. The minimum Gasteiger partial charge on any atom is -0.382 e. The molecule has 1 unspecified atom stereocenters. The zero-order valence-corrected chi connectivity index (χ0v) is 14.0. The van der Waals surface area contributed by atoms with Crippen LogP contribution in [-0.2, 0) is 19.6 Å². The SMILES string of the molecule is Cc1nn(C)c(C)c1CC(C)Nc1cc(C#N)ccc1C(F)(F)F. The lowest BCUT2D eigenvalue weighted by Crippen LogP contribution is -2.21. The maximum absolute atomic E-state index is 13.2. The zero-order chi connectivity index (χ0) is 18.1. The molecule has 0 fully saturated rings. The highest BCUT2D eigenvalue weighted by atomic mass is 19.4. The first-order chi connectivity index (χ1) is 11.1. The predicted octanol–water partition coefficient (Wildman–Crippen LogP) is 3.97. The van der Waals surface area contributed by atoms with E-state index in [1.807, 2.05) is 33.9 Å². The summed E-state index contributed by atoms with van der Waals surface area (Å²) in [6.45, 7) is 5.62. The third-order valence-electron chi connectivity index (χ3n) is 4.03. The molecule has 24 heavy (non-hydrogen) atoms. The number of anilines is 1. The van der Waals surface area contributed by atoms with Crippen LogP contribution in [0, 0.1) is 25.2 Å². The highest BCUT2D eigenvalue weighted by Gasteiger charge is 2.34. The van der Waals surface area contributed by atoms with Crippen molar-refractivity contribution < 1.29 is 13.2 Å². The number of alkyl halides is 3. The summed E-state index contributed by atoms with van der Waals surface area (Å²) >= 11 is 0. The summed E-state index contributed by atoms with van der Waals surface area (Å²) in [4.78, 5) is 0. The number of rotatable bonds is 4. The normalized spacial score (nSPS) is 12.8. The number of hydrogen-bond acceptors (Lipinski definition) is 3. The molecule has 0 saturated heterocycles. The minimum absolute atomic E-state index is 0.0757. The molecule has 1 aromatic carbocycles. The van der Waals surface area contributed by atoms with Crippen molar-refractivity contribution in [2.45, 2.75) is 39.4 Å². The lowest BCUT2D eigenvalue weighted by atomic mass is 10.0. The molecule has 4 nitrogen and oxygen atoms in total. The Bertz CT molecular complexity index is 784. The summed E-state index contributed by atoms with van der Waals surface area (Å²) in [6.07, 6.45) is -3.93. The summed E-state index contributed by atoms with van der Waals surface area (Å²) in [5.41, 5.74) is 2.21. The van der Waals surface area contributed by atoms with Crippen LogP contribution in [0.1, 0.15) is 35.0 Å². The Labute approximate surface area is 138 Å². The van der Waals surface area contributed by atoms with Crippen molar-refractivity contribution in [3.63, 3.8) is 0 Å². The Balaban J connectivity index is 2.28. The molecule has 0 radical (unpaired) electrons. The molecule has 0 aliphatic heterocycles. The van der Waals surface area contributed by atoms with Crippen molar-refractivity contribution in [2.24, 2.45) is 7.05 Å². The van der Waals surface area contributed by atoms with Gasteiger partial charge in [0.05, 0.1) is 22.9 Å². The molecule has 0 aliphatic carbocycles. The number of benzene rings is 1. The number of halogens is 3. The summed E-state index contributed by atoms with van der Waals surface area (Å²) in [5, 5.41) is 16.1. The number of nitrogens with zero attached hydrogens (tertiary/aromatic N) is 3. The van der Waals surface area contributed by atoms with Gasteiger partial charge in [-0.05, 0) is 51.0 Å². The van der Waals surface area contributed by atoms with E-state index in [0.717, 1.165) is 23.0 Å². The Morgan fingerprint density at radius 3 is 2.50 bits per heavy atom. The second-order valence-electron chi connectivity index (χ2n) is 5.89. The van der Waals surface area contributed by atoms with Gasteiger partial charge in [0.25, 0.3) is 0 Å². The molecule has 1 aromatic heterocycles. The van der Waals surface area contributed by atoms with Gasteiger partial charge < -0.3 is 5.32 Å². The van der Waals surface area contributed by atoms with Crippen molar-refractivity contribution >= 4 is 5.69 Å². The first kappa shape index (κ1) is 17.9. The van der Waals surface area contributed by atoms with Gasteiger partial charge in [-0.3, -0.25) is 4.68 Å². The first-order valence-electron chi connectivity index (χ1n) is 7.50. The van der Waals surface area contributed by atoms with E-state index in [1.54, 1.807) is 4.68 Å². The van der Waals surface area contributed by atoms with E-state index in [-0.39, 0.29) is 17.3 Å². The Morgan fingerprint density at radius 1 is 1.33 bits per heavy atom. The van der Waals surface area contributed by atoms with Crippen molar-refractivity contribution in [3.8, 4) is 6.07 Å². The Hall–Kier alpha value is -2.49. The molecule has 0 aliphatic rings. The molecule has 0 bridgehead atoms. The van der Waals surface area contributed by atoms with E-state index < -0.39 is 11.7 Å². The van der Waals surface area contributed by atoms with Gasteiger partial charge in [-0.15, -0.1) is 0 Å². The van der Waals surface area contributed by atoms with E-state index in [4.69, 9.17) is 5.26 Å². The van der Waals surface area contributed by atoms with Gasteiger partial charge in [0.1, 0.15) is 0 Å². The summed E-state index contributed by atoms with van der Waals surface area (Å²) in [6, 6.07) is 4.97. The maximum atomic E-state index is 13.2. The fourth-order valence-corrected chi connectivity index (χ4v) is 2.72. The van der Waals surface area contributed by atoms with Gasteiger partial charge in [0, 0.05) is 24.5 Å². The zero-order valence-electron chi connectivity index (χ0n) is 14.0. The summed E-state index contributed by atoms with van der Waals surface area (Å²) in [5.74, 6) is 0. The van der Waals surface area contributed by atoms with E-state index >= 15 is 0 Å². The monoisotopic (exact) mass is 336 g/mol. The van der Waals surface area contributed by atoms with Crippen LogP contribution in [0.2, 0.25) is 0 Å². The second-order valence-corrected chi connectivity index (χ2v) is 5.89. The minimum atomic E-state index is -4.48. The molecule has 0 saturated carbocycles. The fourth-order valence-electron chi connectivity index (χ4n) is 2.72. The predicted molar refractivity (Wildman–Crippen MR) is 85.6 cm³/mol. The first-order valence-corrected chi connectivity index (χ1v) is 7.50. The highest BCUT2D eigenvalue weighted by Crippen LogP contribution is 2.35. The largest absolute Gasteiger partial charge is 0.418 e. The van der Waals surface area contributed by atoms with Crippen molar-refractivity contribution in [1.82, 2.24) is 9.78 Å². The lowest BCUT2D eigenvalue weighted by Gasteiger charge is -2.20. The highest BCUT2D eigenvalue weighted by molar-refractivity contribution is 5.57. The Morgan fingerprint density at radius 2 is 2.00 bits per heavy atom. The van der Waals surface area contributed by atoms with E-state index in [1.165, 1.54) is 12.1 Å². The number of nitriles is 1. The quantitative estimate of drug-likeness (QED) is 0.919. The van der Waals surface area contributed by atoms with Crippen LogP contribution >= 0.6 is 0 Å². The molecule has 1 atom stereocenters. The summed E-state index contributed by atoms with van der Waals surface area (Å²) in [7, 11) is 1.84. The van der Waals surface area contributed by atoms with Crippen LogP contribution in [0.4, 0.5) is 18.9 Å². The van der Waals surface area contributed by atoms with Gasteiger partial charge in [0.2, 0.25) is 0 Å². The molecule has 1 N–H and O–H groups in total. The smallest absolute Gasteiger partial charge is 0.382 e. The maximum Gasteiger partial charge on any atom is 0.418 e. The van der Waals surface area contributed by atoms with E-state index in [2.05, 4.69) is 10.4 Å².